The Kier molecular flexibility index (Phi) is 3.87. The third-order valence-electron chi connectivity index (χ3n) is 2.63. The first-order valence-corrected chi connectivity index (χ1v) is 6.10. The van der Waals surface area contributed by atoms with Crippen LogP contribution in [0.25, 0.3) is 10.9 Å². The first kappa shape index (κ1) is 13.6. The number of carbonyl (C=O) groups is 1. The predicted octanol–water partition coefficient (Wildman–Crippen LogP) is 2.38. The number of aromatic nitrogens is 1. The van der Waals surface area contributed by atoms with Gasteiger partial charge in [-0.2, -0.15) is 0 Å². The van der Waals surface area contributed by atoms with E-state index in [0.29, 0.717) is 21.6 Å². The van der Waals surface area contributed by atoms with E-state index in [0.717, 1.165) is 0 Å². The van der Waals surface area contributed by atoms with Crippen LogP contribution in [0.1, 0.15) is 17.3 Å². The largest absolute Gasteiger partial charge is 0.478 e. The second kappa shape index (κ2) is 5.42. The fourth-order valence-corrected chi connectivity index (χ4v) is 1.94. The van der Waals surface area contributed by atoms with E-state index in [1.165, 1.54) is 6.20 Å². The van der Waals surface area contributed by atoms with E-state index in [-0.39, 0.29) is 12.1 Å². The van der Waals surface area contributed by atoms with Gasteiger partial charge in [-0.05, 0) is 25.1 Å². The summed E-state index contributed by atoms with van der Waals surface area (Å²) in [4.78, 5) is 15.3. The van der Waals surface area contributed by atoms with Gasteiger partial charge in [0.15, 0.2) is 0 Å². The maximum absolute atomic E-state index is 11.2. The van der Waals surface area contributed by atoms with Gasteiger partial charge >= 0.3 is 5.97 Å². The summed E-state index contributed by atoms with van der Waals surface area (Å²) in [5.74, 6) is -1.08. The summed E-state index contributed by atoms with van der Waals surface area (Å²) >= 11 is 5.93. The minimum Gasteiger partial charge on any atom is -0.478 e. The van der Waals surface area contributed by atoms with E-state index in [2.05, 4.69) is 10.3 Å². The van der Waals surface area contributed by atoms with Gasteiger partial charge < -0.3 is 15.5 Å². The number of nitrogens with zero attached hydrogens (tertiary/aromatic N) is 1. The van der Waals surface area contributed by atoms with Gasteiger partial charge in [0.2, 0.25) is 0 Å². The minimum absolute atomic E-state index is 0.0513. The predicted molar refractivity (Wildman–Crippen MR) is 73.9 cm³/mol. The van der Waals surface area contributed by atoms with Crippen LogP contribution in [-0.4, -0.2) is 33.8 Å². The first-order valence-electron chi connectivity index (χ1n) is 5.72. The molecule has 1 aromatic heterocycles. The first-order chi connectivity index (χ1) is 8.99. The Hall–Kier alpha value is -1.85. The van der Waals surface area contributed by atoms with Gasteiger partial charge in [0.25, 0.3) is 0 Å². The smallest absolute Gasteiger partial charge is 0.339 e. The number of hydrogen-bond donors (Lipinski definition) is 3. The third-order valence-corrected chi connectivity index (χ3v) is 2.87. The molecule has 0 bridgehead atoms. The van der Waals surface area contributed by atoms with E-state index < -0.39 is 12.1 Å². The van der Waals surface area contributed by atoms with Crippen molar-refractivity contribution in [2.45, 2.75) is 13.0 Å². The molecule has 2 aromatic rings. The Morgan fingerprint density at radius 2 is 2.26 bits per heavy atom. The minimum atomic E-state index is -1.08. The van der Waals surface area contributed by atoms with Gasteiger partial charge in [-0.15, -0.1) is 0 Å². The van der Waals surface area contributed by atoms with Gasteiger partial charge in [0.05, 0.1) is 17.3 Å². The lowest BCUT2D eigenvalue weighted by Gasteiger charge is -2.13. The zero-order valence-corrected chi connectivity index (χ0v) is 11.0. The van der Waals surface area contributed by atoms with Crippen LogP contribution in [0.2, 0.25) is 5.02 Å². The van der Waals surface area contributed by atoms with Crippen molar-refractivity contribution in [3.05, 3.63) is 35.0 Å². The van der Waals surface area contributed by atoms with Crippen molar-refractivity contribution in [2.24, 2.45) is 0 Å². The number of aliphatic hydroxyl groups excluding tert-OH is 1. The molecule has 0 aliphatic rings. The van der Waals surface area contributed by atoms with Crippen molar-refractivity contribution < 1.29 is 15.0 Å². The van der Waals surface area contributed by atoms with Gasteiger partial charge in [-0.25, -0.2) is 4.79 Å². The third kappa shape index (κ3) is 2.94. The molecule has 0 aliphatic heterocycles. The Labute approximate surface area is 114 Å². The molecule has 6 heteroatoms. The molecule has 3 N–H and O–H groups in total. The lowest BCUT2D eigenvalue weighted by atomic mass is 10.1. The molecule has 0 saturated heterocycles. The number of nitrogens with one attached hydrogen (secondary N) is 1. The standard InChI is InChI=1S/C13H13ClN2O3/c1-7(17)5-16-12-9-4-8(14)2-3-11(9)15-6-10(12)13(18)19/h2-4,6-7,17H,5H2,1H3,(H,15,16)(H,18,19)/t7-/m0/s1. The maximum atomic E-state index is 11.2. The fraction of sp³-hybridized carbons (Fsp3) is 0.231. The molecule has 0 spiro atoms. The summed E-state index contributed by atoms with van der Waals surface area (Å²) in [5.41, 5.74) is 1.11. The normalized spacial score (nSPS) is 12.4. The monoisotopic (exact) mass is 280 g/mol. The molecule has 0 saturated carbocycles. The Bertz CT molecular complexity index is 629. The molecule has 1 heterocycles. The van der Waals surface area contributed by atoms with Crippen LogP contribution >= 0.6 is 11.6 Å². The molecule has 0 radical (unpaired) electrons. The second-order valence-corrected chi connectivity index (χ2v) is 4.68. The Morgan fingerprint density at radius 3 is 2.89 bits per heavy atom. The topological polar surface area (TPSA) is 82.5 Å². The lowest BCUT2D eigenvalue weighted by Crippen LogP contribution is -2.17. The van der Waals surface area contributed by atoms with Crippen molar-refractivity contribution in [3.63, 3.8) is 0 Å². The molecule has 19 heavy (non-hydrogen) atoms. The highest BCUT2D eigenvalue weighted by Gasteiger charge is 2.15. The molecule has 1 atom stereocenters. The fourth-order valence-electron chi connectivity index (χ4n) is 1.77. The number of carboxylic acids is 1. The van der Waals surface area contributed by atoms with Crippen LogP contribution in [0.3, 0.4) is 0 Å². The zero-order valence-electron chi connectivity index (χ0n) is 10.2. The molecule has 1 aromatic carbocycles. The summed E-state index contributed by atoms with van der Waals surface area (Å²) in [7, 11) is 0. The number of anilines is 1. The molecule has 5 nitrogen and oxygen atoms in total. The van der Waals surface area contributed by atoms with Crippen molar-refractivity contribution in [2.75, 3.05) is 11.9 Å². The van der Waals surface area contributed by atoms with E-state index in [1.807, 2.05) is 0 Å². The second-order valence-electron chi connectivity index (χ2n) is 4.24. The highest BCUT2D eigenvalue weighted by atomic mass is 35.5. The van der Waals surface area contributed by atoms with E-state index in [9.17, 15) is 15.0 Å². The molecule has 0 fully saturated rings. The van der Waals surface area contributed by atoms with Crippen LogP contribution in [-0.2, 0) is 0 Å². The number of aromatic carboxylic acids is 1. The van der Waals surface area contributed by atoms with Crippen LogP contribution in [0.5, 0.6) is 0 Å². The van der Waals surface area contributed by atoms with Crippen molar-refractivity contribution in [1.82, 2.24) is 4.98 Å². The number of hydrogen-bond acceptors (Lipinski definition) is 4. The van der Waals surface area contributed by atoms with Crippen molar-refractivity contribution >= 4 is 34.2 Å². The van der Waals surface area contributed by atoms with Crippen LogP contribution < -0.4 is 5.32 Å². The SMILES string of the molecule is C[C@H](O)CNc1c(C(=O)O)cnc2ccc(Cl)cc12. The van der Waals surface area contributed by atoms with E-state index in [1.54, 1.807) is 25.1 Å². The van der Waals surface area contributed by atoms with E-state index in [4.69, 9.17) is 11.6 Å². The average Bonchev–Trinajstić information content (AvgIpc) is 2.35. The average molecular weight is 281 g/mol. The lowest BCUT2D eigenvalue weighted by molar-refractivity contribution is 0.0697. The van der Waals surface area contributed by atoms with E-state index >= 15 is 0 Å². The molecular weight excluding hydrogens is 268 g/mol. The molecule has 0 aliphatic carbocycles. The van der Waals surface area contributed by atoms with Crippen LogP contribution in [0, 0.1) is 0 Å². The molecule has 0 unspecified atom stereocenters. The number of aliphatic hydroxyl groups is 1. The number of fused-ring (bicyclic) bond motifs is 1. The highest BCUT2D eigenvalue weighted by molar-refractivity contribution is 6.31. The summed E-state index contributed by atoms with van der Waals surface area (Å²) in [6.07, 6.45) is 0.701. The number of benzene rings is 1. The highest BCUT2D eigenvalue weighted by Crippen LogP contribution is 2.28. The Morgan fingerprint density at radius 1 is 1.53 bits per heavy atom. The van der Waals surface area contributed by atoms with Crippen LogP contribution in [0.15, 0.2) is 24.4 Å². The van der Waals surface area contributed by atoms with Gasteiger partial charge in [0.1, 0.15) is 5.56 Å². The summed E-state index contributed by atoms with van der Waals surface area (Å²) < 4.78 is 0. The molecule has 100 valence electrons. The quantitative estimate of drug-likeness (QED) is 0.801. The molecular formula is C13H13ClN2O3. The summed E-state index contributed by atoms with van der Waals surface area (Å²) in [6, 6.07) is 5.06. The van der Waals surface area contributed by atoms with Crippen molar-refractivity contribution in [1.29, 1.82) is 0 Å². The van der Waals surface area contributed by atoms with Gasteiger partial charge in [-0.1, -0.05) is 11.6 Å². The number of halogens is 1. The number of rotatable bonds is 4. The molecule has 2 rings (SSSR count). The maximum Gasteiger partial charge on any atom is 0.339 e. The number of carboxylic acid groups (broad SMARTS) is 1. The van der Waals surface area contributed by atoms with Gasteiger partial charge in [-0.3, -0.25) is 4.98 Å². The molecule has 0 amide bonds. The van der Waals surface area contributed by atoms with Gasteiger partial charge in [0, 0.05) is 23.2 Å². The summed E-state index contributed by atoms with van der Waals surface area (Å²) in [5, 5.41) is 22.6. The van der Waals surface area contributed by atoms with Crippen LogP contribution in [0.4, 0.5) is 5.69 Å². The van der Waals surface area contributed by atoms with Crippen molar-refractivity contribution in [3.8, 4) is 0 Å². The Balaban J connectivity index is 2.61. The number of pyridine rings is 1. The summed E-state index contributed by atoms with van der Waals surface area (Å²) in [6.45, 7) is 1.86. The zero-order chi connectivity index (χ0) is 14.0.